The highest BCUT2D eigenvalue weighted by Gasteiger charge is 2.48. The lowest BCUT2D eigenvalue weighted by Gasteiger charge is -2.53. The molecule has 0 saturated carbocycles. The maximum atomic E-state index is 6.12. The van der Waals surface area contributed by atoms with E-state index in [0.29, 0.717) is 0 Å². The van der Waals surface area contributed by atoms with E-state index >= 15 is 0 Å². The molecule has 1 aromatic carbocycles. The molecule has 5 nitrogen and oxygen atoms in total. The summed E-state index contributed by atoms with van der Waals surface area (Å²) >= 11 is 0. The van der Waals surface area contributed by atoms with Crippen molar-refractivity contribution >= 4 is 0 Å². The summed E-state index contributed by atoms with van der Waals surface area (Å²) in [5.41, 5.74) is 1.22. The van der Waals surface area contributed by atoms with Crippen molar-refractivity contribution in [2.24, 2.45) is 0 Å². The van der Waals surface area contributed by atoms with Crippen LogP contribution in [0.2, 0.25) is 0 Å². The van der Waals surface area contributed by atoms with Gasteiger partial charge in [-0.3, -0.25) is 9.88 Å². The third kappa shape index (κ3) is 3.78. The summed E-state index contributed by atoms with van der Waals surface area (Å²) in [4.78, 5) is 6.54. The SMILES string of the molecule is COc1cccc(CN2CC3(C[C@H](Oc4cccnc4)CCO3)C2)c1. The molecule has 0 bridgehead atoms. The maximum Gasteiger partial charge on any atom is 0.138 e. The van der Waals surface area contributed by atoms with E-state index in [1.807, 2.05) is 24.3 Å². The Kier molecular flexibility index (Phi) is 4.59. The smallest absolute Gasteiger partial charge is 0.138 e. The largest absolute Gasteiger partial charge is 0.497 e. The fourth-order valence-electron chi connectivity index (χ4n) is 3.82. The number of hydrogen-bond donors (Lipinski definition) is 0. The molecule has 2 aliphatic heterocycles. The average Bonchev–Trinajstić information content (AvgIpc) is 2.62. The molecule has 0 unspecified atom stereocenters. The van der Waals surface area contributed by atoms with E-state index in [4.69, 9.17) is 14.2 Å². The van der Waals surface area contributed by atoms with Gasteiger partial charge in [-0.2, -0.15) is 0 Å². The fourth-order valence-corrected chi connectivity index (χ4v) is 3.82. The molecular weight excluding hydrogens is 316 g/mol. The predicted molar refractivity (Wildman–Crippen MR) is 94.8 cm³/mol. The molecule has 1 aromatic heterocycles. The van der Waals surface area contributed by atoms with Crippen molar-refractivity contribution in [3.05, 3.63) is 54.4 Å². The van der Waals surface area contributed by atoms with Crippen molar-refractivity contribution < 1.29 is 14.2 Å². The van der Waals surface area contributed by atoms with Crippen LogP contribution in [0, 0.1) is 0 Å². The highest BCUT2D eigenvalue weighted by atomic mass is 16.5. The van der Waals surface area contributed by atoms with Gasteiger partial charge in [0.15, 0.2) is 0 Å². The zero-order chi connectivity index (χ0) is 17.1. The van der Waals surface area contributed by atoms with E-state index in [1.54, 1.807) is 19.5 Å². The first-order valence-corrected chi connectivity index (χ1v) is 8.81. The lowest BCUT2D eigenvalue weighted by atomic mass is 9.84. The number of aromatic nitrogens is 1. The van der Waals surface area contributed by atoms with Gasteiger partial charge in [0.2, 0.25) is 0 Å². The number of rotatable bonds is 5. The summed E-state index contributed by atoms with van der Waals surface area (Å²) in [6.07, 6.45) is 5.62. The molecule has 0 N–H and O–H groups in total. The van der Waals surface area contributed by atoms with E-state index in [2.05, 4.69) is 22.0 Å². The number of benzene rings is 1. The van der Waals surface area contributed by atoms with E-state index in [9.17, 15) is 0 Å². The zero-order valence-electron chi connectivity index (χ0n) is 14.6. The van der Waals surface area contributed by atoms with Crippen LogP contribution in [0.1, 0.15) is 18.4 Å². The topological polar surface area (TPSA) is 43.8 Å². The van der Waals surface area contributed by atoms with Crippen LogP contribution in [0.15, 0.2) is 48.8 Å². The summed E-state index contributed by atoms with van der Waals surface area (Å²) in [5.74, 6) is 1.75. The minimum absolute atomic E-state index is 0.0516. The highest BCUT2D eigenvalue weighted by molar-refractivity contribution is 5.28. The van der Waals surface area contributed by atoms with Crippen LogP contribution >= 0.6 is 0 Å². The van der Waals surface area contributed by atoms with Crippen molar-refractivity contribution in [3.8, 4) is 11.5 Å². The monoisotopic (exact) mass is 340 g/mol. The van der Waals surface area contributed by atoms with Gasteiger partial charge in [-0.1, -0.05) is 12.1 Å². The van der Waals surface area contributed by atoms with Crippen molar-refractivity contribution in [2.75, 3.05) is 26.8 Å². The summed E-state index contributed by atoms with van der Waals surface area (Å²) in [7, 11) is 1.70. The van der Waals surface area contributed by atoms with Gasteiger partial charge in [0.1, 0.15) is 17.6 Å². The van der Waals surface area contributed by atoms with Gasteiger partial charge in [-0.15, -0.1) is 0 Å². The quantitative estimate of drug-likeness (QED) is 0.837. The molecule has 25 heavy (non-hydrogen) atoms. The Morgan fingerprint density at radius 1 is 1.24 bits per heavy atom. The molecule has 1 atom stereocenters. The Labute approximate surface area is 148 Å². The van der Waals surface area contributed by atoms with Crippen LogP contribution in [0.3, 0.4) is 0 Å². The van der Waals surface area contributed by atoms with Crippen molar-refractivity contribution in [3.63, 3.8) is 0 Å². The third-order valence-electron chi connectivity index (χ3n) is 4.95. The molecule has 0 radical (unpaired) electrons. The van der Waals surface area contributed by atoms with Crippen LogP contribution in [-0.2, 0) is 11.3 Å². The van der Waals surface area contributed by atoms with Crippen molar-refractivity contribution in [1.29, 1.82) is 0 Å². The van der Waals surface area contributed by atoms with Crippen LogP contribution < -0.4 is 9.47 Å². The van der Waals surface area contributed by atoms with E-state index < -0.39 is 0 Å². The molecule has 132 valence electrons. The van der Waals surface area contributed by atoms with Crippen molar-refractivity contribution in [1.82, 2.24) is 9.88 Å². The number of likely N-dealkylation sites (tertiary alicyclic amines) is 1. The molecule has 5 heteroatoms. The summed E-state index contributed by atoms with van der Waals surface area (Å²) in [5, 5.41) is 0. The molecule has 3 heterocycles. The molecule has 0 aliphatic carbocycles. The minimum atomic E-state index is -0.0516. The van der Waals surface area contributed by atoms with Gasteiger partial charge in [0.25, 0.3) is 0 Å². The second-order valence-corrected chi connectivity index (χ2v) is 6.95. The van der Waals surface area contributed by atoms with Crippen LogP contribution in [0.5, 0.6) is 11.5 Å². The Balaban J connectivity index is 1.32. The molecular formula is C20H24N2O3. The molecule has 1 spiro atoms. The van der Waals surface area contributed by atoms with Gasteiger partial charge < -0.3 is 14.2 Å². The fraction of sp³-hybridized carbons (Fsp3) is 0.450. The number of pyridine rings is 1. The van der Waals surface area contributed by atoms with Gasteiger partial charge in [-0.05, 0) is 29.8 Å². The van der Waals surface area contributed by atoms with Crippen LogP contribution in [0.4, 0.5) is 0 Å². The third-order valence-corrected chi connectivity index (χ3v) is 4.95. The normalized spacial score (nSPS) is 22.4. The van der Waals surface area contributed by atoms with E-state index in [0.717, 1.165) is 50.6 Å². The molecule has 2 aliphatic rings. The first kappa shape index (κ1) is 16.4. The van der Waals surface area contributed by atoms with Gasteiger partial charge in [-0.25, -0.2) is 0 Å². The summed E-state index contributed by atoms with van der Waals surface area (Å²) < 4.78 is 17.5. The second kappa shape index (κ2) is 7.02. The molecule has 2 saturated heterocycles. The molecule has 2 aromatic rings. The van der Waals surface area contributed by atoms with Gasteiger partial charge >= 0.3 is 0 Å². The van der Waals surface area contributed by atoms with E-state index in [1.165, 1.54) is 5.56 Å². The lowest BCUT2D eigenvalue weighted by molar-refractivity contribution is -0.188. The minimum Gasteiger partial charge on any atom is -0.497 e. The summed E-state index contributed by atoms with van der Waals surface area (Å²) in [6.45, 7) is 3.60. The number of nitrogens with zero attached hydrogens (tertiary/aromatic N) is 2. The van der Waals surface area contributed by atoms with Gasteiger partial charge in [0, 0.05) is 38.7 Å². The van der Waals surface area contributed by atoms with Gasteiger partial charge in [0.05, 0.1) is 25.5 Å². The van der Waals surface area contributed by atoms with Crippen LogP contribution in [-0.4, -0.2) is 48.4 Å². The second-order valence-electron chi connectivity index (χ2n) is 6.95. The Morgan fingerprint density at radius 2 is 2.12 bits per heavy atom. The number of ether oxygens (including phenoxy) is 3. The first-order valence-electron chi connectivity index (χ1n) is 8.81. The predicted octanol–water partition coefficient (Wildman–Crippen LogP) is 2.90. The summed E-state index contributed by atoms with van der Waals surface area (Å²) in [6, 6.07) is 12.1. The molecule has 4 rings (SSSR count). The molecule has 0 amide bonds. The molecule has 2 fully saturated rings. The highest BCUT2D eigenvalue weighted by Crippen LogP contribution is 2.36. The van der Waals surface area contributed by atoms with Crippen LogP contribution in [0.25, 0.3) is 0 Å². The Morgan fingerprint density at radius 3 is 2.92 bits per heavy atom. The average molecular weight is 340 g/mol. The van der Waals surface area contributed by atoms with E-state index in [-0.39, 0.29) is 11.7 Å². The van der Waals surface area contributed by atoms with Crippen molar-refractivity contribution in [2.45, 2.75) is 31.1 Å². The number of hydrogen-bond acceptors (Lipinski definition) is 5. The Hall–Kier alpha value is -2.11. The lowest BCUT2D eigenvalue weighted by Crippen LogP contribution is -2.65. The first-order chi connectivity index (χ1) is 12.2. The number of methoxy groups -OCH3 is 1. The zero-order valence-corrected chi connectivity index (χ0v) is 14.6. The Bertz CT molecular complexity index is 701. The maximum absolute atomic E-state index is 6.12. The standard InChI is InChI=1S/C20H24N2O3/c1-23-17-5-2-4-16(10-17)13-22-14-20(15-22)11-18(7-9-24-20)25-19-6-3-8-21-12-19/h2-6,8,10,12,18H,7,9,11,13-15H2,1H3/t18-/m1/s1.